The number of ether oxygens (including phenoxy) is 1. The lowest BCUT2D eigenvalue weighted by molar-refractivity contribution is -0.187. The second kappa shape index (κ2) is 9.64. The summed E-state index contributed by atoms with van der Waals surface area (Å²) in [6, 6.07) is 10.5. The van der Waals surface area contributed by atoms with Gasteiger partial charge in [0.1, 0.15) is 28.5 Å². The SMILES string of the molecule is CCCc1ccc(-c2ccc(C(F)(F)Oc3ccc4c(F)c(C(F)(F)F)c(F)cc4c3)c(F)c2F)cc1. The van der Waals surface area contributed by atoms with Crippen molar-refractivity contribution < 1.29 is 44.3 Å². The molecule has 0 unspecified atom stereocenters. The van der Waals surface area contributed by atoms with E-state index in [1.54, 1.807) is 12.1 Å². The molecular weight excluding hydrogens is 511 g/mol. The van der Waals surface area contributed by atoms with E-state index >= 15 is 0 Å². The van der Waals surface area contributed by atoms with E-state index in [-0.39, 0.29) is 11.1 Å². The average Bonchev–Trinajstić information content (AvgIpc) is 2.80. The van der Waals surface area contributed by atoms with Crippen LogP contribution in [0.3, 0.4) is 0 Å². The van der Waals surface area contributed by atoms with Crippen molar-refractivity contribution >= 4 is 10.8 Å². The van der Waals surface area contributed by atoms with Gasteiger partial charge in [-0.15, -0.1) is 0 Å². The van der Waals surface area contributed by atoms with Crippen molar-refractivity contribution in [2.75, 3.05) is 0 Å². The van der Waals surface area contributed by atoms with Crippen molar-refractivity contribution in [2.24, 2.45) is 0 Å². The summed E-state index contributed by atoms with van der Waals surface area (Å²) in [6.07, 6.45) is -8.11. The normalized spacial score (nSPS) is 12.3. The van der Waals surface area contributed by atoms with Gasteiger partial charge in [0.25, 0.3) is 0 Å². The summed E-state index contributed by atoms with van der Waals surface area (Å²) in [5.74, 6) is -8.02. The Labute approximate surface area is 205 Å². The molecule has 0 radical (unpaired) electrons. The van der Waals surface area contributed by atoms with Gasteiger partial charge in [0.15, 0.2) is 11.6 Å². The molecule has 10 heteroatoms. The molecule has 0 aromatic heterocycles. The van der Waals surface area contributed by atoms with E-state index in [0.29, 0.717) is 30.3 Å². The highest BCUT2D eigenvalue weighted by atomic mass is 19.4. The molecule has 0 saturated carbocycles. The Morgan fingerprint density at radius 3 is 2.03 bits per heavy atom. The number of aryl methyl sites for hydroxylation is 1. The van der Waals surface area contributed by atoms with Crippen LogP contribution in [0, 0.1) is 23.3 Å². The van der Waals surface area contributed by atoms with Crippen LogP contribution >= 0.6 is 0 Å². The van der Waals surface area contributed by atoms with Crippen LogP contribution in [0.25, 0.3) is 21.9 Å². The standard InChI is InChI=1S/C27H17F9O/c1-2-3-14-4-6-15(7-5-14)18-10-11-20(25(31)24(18)30)27(35,36)37-17-8-9-19-16(12-17)13-21(28)22(23(19)29)26(32,33)34/h4-13H,2-3H2,1H3. The molecule has 0 aliphatic rings. The van der Waals surface area contributed by atoms with Crippen LogP contribution in [-0.2, 0) is 18.7 Å². The van der Waals surface area contributed by atoms with E-state index in [1.165, 1.54) is 12.1 Å². The van der Waals surface area contributed by atoms with Crippen LogP contribution in [0.5, 0.6) is 5.75 Å². The zero-order chi connectivity index (χ0) is 27.1. The maximum Gasteiger partial charge on any atom is 0.429 e. The number of halogens is 9. The van der Waals surface area contributed by atoms with Gasteiger partial charge in [0, 0.05) is 10.9 Å². The van der Waals surface area contributed by atoms with E-state index in [1.807, 2.05) is 6.92 Å². The summed E-state index contributed by atoms with van der Waals surface area (Å²) in [5.41, 5.74) is -2.59. The number of alkyl halides is 5. The molecule has 0 atom stereocenters. The van der Waals surface area contributed by atoms with Crippen LogP contribution < -0.4 is 4.74 Å². The molecule has 0 aliphatic carbocycles. The van der Waals surface area contributed by atoms with Crippen molar-refractivity contribution in [3.05, 3.63) is 101 Å². The molecule has 1 nitrogen and oxygen atoms in total. The number of hydrogen-bond acceptors (Lipinski definition) is 1. The Kier molecular flexibility index (Phi) is 6.87. The summed E-state index contributed by atoms with van der Waals surface area (Å²) in [5, 5.41) is -1.21. The van der Waals surface area contributed by atoms with Crippen LogP contribution in [0.15, 0.2) is 60.7 Å². The van der Waals surface area contributed by atoms with Crippen LogP contribution in [0.1, 0.15) is 30.0 Å². The molecule has 0 bridgehead atoms. The summed E-state index contributed by atoms with van der Waals surface area (Å²) in [6.45, 7) is 1.97. The number of hydrogen-bond donors (Lipinski definition) is 0. The molecule has 4 rings (SSSR count). The third kappa shape index (κ3) is 5.10. The Morgan fingerprint density at radius 2 is 1.41 bits per heavy atom. The van der Waals surface area contributed by atoms with E-state index in [9.17, 15) is 39.5 Å². The van der Waals surface area contributed by atoms with Crippen LogP contribution in [0.2, 0.25) is 0 Å². The summed E-state index contributed by atoms with van der Waals surface area (Å²) >= 11 is 0. The molecule has 4 aromatic carbocycles. The third-order valence-electron chi connectivity index (χ3n) is 5.73. The van der Waals surface area contributed by atoms with Crippen molar-refractivity contribution in [3.8, 4) is 16.9 Å². The fraction of sp³-hybridized carbons (Fsp3) is 0.185. The fourth-order valence-corrected chi connectivity index (χ4v) is 3.97. The molecule has 37 heavy (non-hydrogen) atoms. The lowest BCUT2D eigenvalue weighted by Crippen LogP contribution is -2.24. The van der Waals surface area contributed by atoms with Gasteiger partial charge in [0.2, 0.25) is 0 Å². The van der Waals surface area contributed by atoms with Gasteiger partial charge in [-0.05, 0) is 53.3 Å². The second-order valence-electron chi connectivity index (χ2n) is 8.28. The molecule has 0 heterocycles. The smallest absolute Gasteiger partial charge is 0.429 e. The van der Waals surface area contributed by atoms with Crippen molar-refractivity contribution in [3.63, 3.8) is 0 Å². The first-order chi connectivity index (χ1) is 17.3. The van der Waals surface area contributed by atoms with E-state index in [4.69, 9.17) is 0 Å². The first kappa shape index (κ1) is 26.4. The Morgan fingerprint density at radius 1 is 0.730 bits per heavy atom. The molecule has 0 aliphatic heterocycles. The van der Waals surface area contributed by atoms with Gasteiger partial charge in [0.05, 0.1) is 0 Å². The summed E-state index contributed by atoms with van der Waals surface area (Å²) in [7, 11) is 0. The lowest BCUT2D eigenvalue weighted by Gasteiger charge is -2.20. The third-order valence-corrected chi connectivity index (χ3v) is 5.73. The largest absolute Gasteiger partial charge is 0.429 e. The van der Waals surface area contributed by atoms with Crippen molar-refractivity contribution in [1.82, 2.24) is 0 Å². The molecule has 0 N–H and O–H groups in total. The van der Waals surface area contributed by atoms with E-state index in [2.05, 4.69) is 4.74 Å². The van der Waals surface area contributed by atoms with E-state index in [0.717, 1.165) is 24.5 Å². The highest BCUT2D eigenvalue weighted by Crippen LogP contribution is 2.40. The predicted octanol–water partition coefficient (Wildman–Crippen LogP) is 9.16. The first-order valence-corrected chi connectivity index (χ1v) is 11.0. The van der Waals surface area contributed by atoms with Gasteiger partial charge in [-0.3, -0.25) is 0 Å². The number of rotatable bonds is 6. The molecular formula is C27H17F9O. The Bertz CT molecular complexity index is 1460. The topological polar surface area (TPSA) is 9.23 Å². The summed E-state index contributed by atoms with van der Waals surface area (Å²) in [4.78, 5) is 0. The van der Waals surface area contributed by atoms with Gasteiger partial charge < -0.3 is 4.74 Å². The quantitative estimate of drug-likeness (QED) is 0.227. The van der Waals surface area contributed by atoms with Gasteiger partial charge in [-0.1, -0.05) is 43.7 Å². The van der Waals surface area contributed by atoms with E-state index < -0.39 is 63.2 Å². The predicted molar refractivity (Wildman–Crippen MR) is 119 cm³/mol. The summed E-state index contributed by atoms with van der Waals surface area (Å²) < 4.78 is 130. The monoisotopic (exact) mass is 528 g/mol. The minimum Gasteiger partial charge on any atom is -0.429 e. The molecule has 0 saturated heterocycles. The maximum atomic E-state index is 14.8. The van der Waals surface area contributed by atoms with Crippen LogP contribution in [0.4, 0.5) is 39.5 Å². The van der Waals surface area contributed by atoms with Gasteiger partial charge in [-0.25, -0.2) is 17.6 Å². The average molecular weight is 528 g/mol. The highest BCUT2D eigenvalue weighted by molar-refractivity contribution is 5.85. The molecule has 0 amide bonds. The molecule has 4 aromatic rings. The number of fused-ring (bicyclic) bond motifs is 1. The van der Waals surface area contributed by atoms with Crippen LogP contribution in [-0.4, -0.2) is 0 Å². The van der Waals surface area contributed by atoms with Gasteiger partial charge in [-0.2, -0.15) is 22.0 Å². The first-order valence-electron chi connectivity index (χ1n) is 11.0. The number of benzene rings is 4. The lowest BCUT2D eigenvalue weighted by atomic mass is 10.00. The zero-order valence-corrected chi connectivity index (χ0v) is 19.0. The Hall–Kier alpha value is -3.69. The van der Waals surface area contributed by atoms with Gasteiger partial charge >= 0.3 is 12.3 Å². The second-order valence-corrected chi connectivity index (χ2v) is 8.28. The maximum absolute atomic E-state index is 14.8. The minimum absolute atomic E-state index is 0.253. The fourth-order valence-electron chi connectivity index (χ4n) is 3.97. The molecule has 194 valence electrons. The minimum atomic E-state index is -5.32. The molecule has 0 spiro atoms. The zero-order valence-electron chi connectivity index (χ0n) is 19.0. The molecule has 0 fully saturated rings. The highest BCUT2D eigenvalue weighted by Gasteiger charge is 2.40. The Balaban J connectivity index is 1.66. The van der Waals surface area contributed by atoms with Crippen molar-refractivity contribution in [2.45, 2.75) is 32.1 Å². The van der Waals surface area contributed by atoms with Crippen molar-refractivity contribution in [1.29, 1.82) is 0 Å².